The van der Waals surface area contributed by atoms with E-state index in [2.05, 4.69) is 0 Å². The first-order valence-corrected chi connectivity index (χ1v) is 14.6. The summed E-state index contributed by atoms with van der Waals surface area (Å²) in [4.78, 5) is 26.6. The van der Waals surface area contributed by atoms with Crippen LogP contribution in [0.15, 0.2) is 126 Å². The smallest absolute Gasteiger partial charge is 0.408 e. The van der Waals surface area contributed by atoms with Crippen molar-refractivity contribution in [2.75, 3.05) is 6.54 Å². The molecule has 42 heavy (non-hydrogen) atoms. The molecule has 0 unspecified atom stereocenters. The number of alkyl halides is 2. The molecule has 0 saturated carbocycles. The second kappa shape index (κ2) is 13.5. The Balaban J connectivity index is 1.71. The van der Waals surface area contributed by atoms with Crippen LogP contribution >= 0.6 is 0 Å². The van der Waals surface area contributed by atoms with Crippen molar-refractivity contribution in [1.82, 2.24) is 9.21 Å². The summed E-state index contributed by atoms with van der Waals surface area (Å²) in [5.74, 6) is -5.92. The van der Waals surface area contributed by atoms with Crippen LogP contribution in [0.5, 0.6) is 0 Å². The molecule has 0 heterocycles. The molecule has 1 atom stereocenters. The molecule has 7 nitrogen and oxygen atoms in total. The summed E-state index contributed by atoms with van der Waals surface area (Å²) < 4.78 is 59.8. The van der Waals surface area contributed by atoms with E-state index in [1.165, 1.54) is 24.3 Å². The Labute approximate surface area is 243 Å². The van der Waals surface area contributed by atoms with Gasteiger partial charge in [-0.3, -0.25) is 9.69 Å². The zero-order chi connectivity index (χ0) is 30.2. The fourth-order valence-electron chi connectivity index (χ4n) is 4.57. The van der Waals surface area contributed by atoms with Gasteiger partial charge in [0, 0.05) is 19.5 Å². The Morgan fingerprint density at radius 1 is 0.690 bits per heavy atom. The molecule has 10 heteroatoms. The molecule has 4 rings (SSSR count). The Bertz CT molecular complexity index is 1570. The van der Waals surface area contributed by atoms with Gasteiger partial charge in [-0.15, -0.1) is 0 Å². The Morgan fingerprint density at radius 2 is 1.12 bits per heavy atom. The molecule has 1 N–H and O–H groups in total. The number of carboxylic acid groups (broad SMARTS) is 1. The summed E-state index contributed by atoms with van der Waals surface area (Å²) in [5, 5.41) is 10.1. The Morgan fingerprint density at radius 3 is 1.60 bits per heavy atom. The molecule has 1 amide bonds. The first-order chi connectivity index (χ1) is 20.1. The lowest BCUT2D eigenvalue weighted by Gasteiger charge is -2.33. The van der Waals surface area contributed by atoms with Gasteiger partial charge in [-0.1, -0.05) is 109 Å². The van der Waals surface area contributed by atoms with E-state index in [-0.39, 0.29) is 17.9 Å². The number of rotatable bonds is 13. The number of amides is 1. The topological polar surface area (TPSA) is 95.0 Å². The van der Waals surface area contributed by atoms with Crippen LogP contribution in [0.2, 0.25) is 0 Å². The van der Waals surface area contributed by atoms with Gasteiger partial charge >= 0.3 is 12.0 Å². The molecule has 0 saturated heterocycles. The molecule has 4 aromatic carbocycles. The molecule has 0 spiro atoms. The monoisotopic (exact) mass is 592 g/mol. The molecule has 0 fully saturated rings. The zero-order valence-electron chi connectivity index (χ0n) is 22.6. The first kappa shape index (κ1) is 30.5. The predicted octanol–water partition coefficient (Wildman–Crippen LogP) is 5.87. The van der Waals surface area contributed by atoms with Crippen molar-refractivity contribution in [2.24, 2.45) is 0 Å². The van der Waals surface area contributed by atoms with Crippen molar-refractivity contribution >= 4 is 21.9 Å². The lowest BCUT2D eigenvalue weighted by molar-refractivity contribution is -0.149. The van der Waals surface area contributed by atoms with Gasteiger partial charge in [0.1, 0.15) is 6.04 Å². The normalized spacial score (nSPS) is 12.5. The van der Waals surface area contributed by atoms with Gasteiger partial charge in [-0.2, -0.15) is 13.1 Å². The van der Waals surface area contributed by atoms with E-state index in [0.717, 1.165) is 0 Å². The predicted molar refractivity (Wildman–Crippen MR) is 154 cm³/mol. The number of halogens is 2. The van der Waals surface area contributed by atoms with Crippen molar-refractivity contribution in [3.8, 4) is 0 Å². The van der Waals surface area contributed by atoms with Crippen LogP contribution in [0, 0.1) is 0 Å². The Hall–Kier alpha value is -4.41. The Kier molecular flexibility index (Phi) is 9.82. The van der Waals surface area contributed by atoms with Crippen LogP contribution < -0.4 is 0 Å². The van der Waals surface area contributed by atoms with E-state index in [9.17, 15) is 23.1 Å². The molecule has 0 aromatic heterocycles. The zero-order valence-corrected chi connectivity index (χ0v) is 23.4. The average Bonchev–Trinajstić information content (AvgIpc) is 3.00. The molecule has 0 aliphatic rings. The van der Waals surface area contributed by atoms with Gasteiger partial charge in [-0.25, -0.2) is 13.2 Å². The highest BCUT2D eigenvalue weighted by molar-refractivity contribution is 7.89. The minimum Gasteiger partial charge on any atom is -0.465 e. The number of hydrogen-bond acceptors (Lipinski definition) is 4. The number of carbonyl (C=O) groups excluding carboxylic acids is 1. The van der Waals surface area contributed by atoms with Crippen molar-refractivity contribution in [2.45, 2.75) is 36.4 Å². The van der Waals surface area contributed by atoms with Crippen molar-refractivity contribution in [3.63, 3.8) is 0 Å². The van der Waals surface area contributed by atoms with E-state index in [1.54, 1.807) is 97.1 Å². The minimum absolute atomic E-state index is 0.207. The molecule has 4 aromatic rings. The third-order valence-corrected chi connectivity index (χ3v) is 8.52. The SMILES string of the molecule is O=C(O)N(Cc1ccccc1)[C@@H](Cc1ccccc1)C(=O)C(F)(F)CN(Cc1ccccc1)S(=O)(=O)c1ccccc1. The molecular formula is C32H30F2N2O5S. The van der Waals surface area contributed by atoms with Crippen LogP contribution in [0.3, 0.4) is 0 Å². The number of carbonyl (C=O) groups is 2. The number of Topliss-reactive ketones (excluding diaryl/α,β-unsaturated/α-hetero) is 1. The average molecular weight is 593 g/mol. The van der Waals surface area contributed by atoms with E-state index in [1.807, 2.05) is 0 Å². The fraction of sp³-hybridized carbons (Fsp3) is 0.188. The number of nitrogens with zero attached hydrogens (tertiary/aromatic N) is 2. The number of ketones is 1. The second-order valence-electron chi connectivity index (χ2n) is 9.74. The van der Waals surface area contributed by atoms with Crippen molar-refractivity contribution in [3.05, 3.63) is 138 Å². The van der Waals surface area contributed by atoms with E-state index in [0.29, 0.717) is 25.9 Å². The third kappa shape index (κ3) is 7.65. The van der Waals surface area contributed by atoms with Gasteiger partial charge in [0.05, 0.1) is 11.4 Å². The quantitative estimate of drug-likeness (QED) is 0.210. The summed E-state index contributed by atoms with van der Waals surface area (Å²) in [6.07, 6.45) is -1.87. The molecule has 0 aliphatic carbocycles. The van der Waals surface area contributed by atoms with E-state index in [4.69, 9.17) is 0 Å². The summed E-state index contributed by atoms with van der Waals surface area (Å²) in [7, 11) is -4.46. The highest BCUT2D eigenvalue weighted by Crippen LogP contribution is 2.28. The molecular weight excluding hydrogens is 562 g/mol. The molecule has 0 aliphatic heterocycles. The maximum absolute atomic E-state index is 16.1. The van der Waals surface area contributed by atoms with Crippen LogP contribution in [0.4, 0.5) is 13.6 Å². The standard InChI is InChI=1S/C32H30F2N2O5S/c33-32(34,24-35(22-26-15-7-2-8-16-26)42(40,41)28-19-11-4-12-20-28)30(37)29(21-25-13-5-1-6-14-25)36(31(38)39)23-27-17-9-3-10-18-27/h1-20,29H,21-24H2,(H,38,39)/t29-/m0/s1. The maximum atomic E-state index is 16.1. The molecule has 0 radical (unpaired) electrons. The van der Waals surface area contributed by atoms with Crippen LogP contribution in [-0.2, 0) is 34.3 Å². The van der Waals surface area contributed by atoms with Gasteiger partial charge in [0.15, 0.2) is 0 Å². The third-order valence-electron chi connectivity index (χ3n) is 6.71. The van der Waals surface area contributed by atoms with Crippen molar-refractivity contribution < 1.29 is 31.9 Å². The highest BCUT2D eigenvalue weighted by Gasteiger charge is 2.49. The largest absolute Gasteiger partial charge is 0.465 e. The number of sulfonamides is 1. The van der Waals surface area contributed by atoms with Crippen LogP contribution in [-0.4, -0.2) is 53.1 Å². The lowest BCUT2D eigenvalue weighted by Crippen LogP contribution is -2.55. The van der Waals surface area contributed by atoms with Gasteiger partial charge in [0.2, 0.25) is 15.8 Å². The number of benzene rings is 4. The van der Waals surface area contributed by atoms with Gasteiger partial charge in [0.25, 0.3) is 0 Å². The summed E-state index contributed by atoms with van der Waals surface area (Å²) in [6.45, 7) is -2.20. The fourth-order valence-corrected chi connectivity index (χ4v) is 6.02. The summed E-state index contributed by atoms with van der Waals surface area (Å²) >= 11 is 0. The maximum Gasteiger partial charge on any atom is 0.408 e. The van der Waals surface area contributed by atoms with Crippen molar-refractivity contribution in [1.29, 1.82) is 0 Å². The van der Waals surface area contributed by atoms with Gasteiger partial charge < -0.3 is 5.11 Å². The second-order valence-corrected chi connectivity index (χ2v) is 11.7. The summed E-state index contributed by atoms with van der Waals surface area (Å²) in [6, 6.07) is 30.1. The van der Waals surface area contributed by atoms with Crippen LogP contribution in [0.25, 0.3) is 0 Å². The summed E-state index contributed by atoms with van der Waals surface area (Å²) in [5.41, 5.74) is 1.42. The lowest BCUT2D eigenvalue weighted by atomic mass is 9.96. The van der Waals surface area contributed by atoms with Crippen LogP contribution in [0.1, 0.15) is 16.7 Å². The highest BCUT2D eigenvalue weighted by atomic mass is 32.2. The number of hydrogen-bond donors (Lipinski definition) is 1. The molecule has 0 bridgehead atoms. The molecule has 218 valence electrons. The van der Waals surface area contributed by atoms with Gasteiger partial charge in [-0.05, 0) is 28.8 Å². The van der Waals surface area contributed by atoms with E-state index >= 15 is 8.78 Å². The minimum atomic E-state index is -4.46. The van der Waals surface area contributed by atoms with E-state index < -0.39 is 47.0 Å². The first-order valence-electron chi connectivity index (χ1n) is 13.2.